The number of hydrazone groups is 1. The normalized spacial score (nSPS) is 11.3. The molecule has 0 radical (unpaired) electrons. The minimum Gasteiger partial charge on any atom is -0.461 e. The second kappa shape index (κ2) is 9.14. The number of tetrazole rings is 1. The van der Waals surface area contributed by atoms with E-state index in [1.165, 1.54) is 0 Å². The Morgan fingerprint density at radius 3 is 2.39 bits per heavy atom. The van der Waals surface area contributed by atoms with Crippen LogP contribution in [0.25, 0.3) is 5.69 Å². The van der Waals surface area contributed by atoms with Crippen molar-refractivity contribution in [3.63, 3.8) is 0 Å². The first-order chi connectivity index (χ1) is 13.6. The van der Waals surface area contributed by atoms with Gasteiger partial charge in [-0.3, -0.25) is 5.43 Å². The van der Waals surface area contributed by atoms with Crippen molar-refractivity contribution in [2.45, 2.75) is 25.9 Å². The Balaban J connectivity index is 1.85. The molecule has 1 aromatic heterocycles. The maximum Gasteiger partial charge on any atom is 0.365 e. The van der Waals surface area contributed by atoms with Gasteiger partial charge in [0, 0.05) is 0 Å². The maximum atomic E-state index is 12.3. The molecule has 0 atom stereocenters. The maximum absolute atomic E-state index is 12.3. The molecule has 0 amide bonds. The molecule has 0 aliphatic rings. The number of rotatable bonds is 5. The summed E-state index contributed by atoms with van der Waals surface area (Å²) in [4.78, 5) is 12.3. The Morgan fingerprint density at radius 1 is 1.11 bits per heavy atom. The zero-order valence-electron chi connectivity index (χ0n) is 15.8. The smallest absolute Gasteiger partial charge is 0.365 e. The van der Waals surface area contributed by atoms with Crippen LogP contribution in [0.15, 0.2) is 58.8 Å². The fraction of sp³-hybridized carbons (Fsp3) is 0.211. The van der Waals surface area contributed by atoms with Crippen molar-refractivity contribution in [3.8, 4) is 5.69 Å². The van der Waals surface area contributed by atoms with E-state index in [2.05, 4.69) is 26.1 Å². The summed E-state index contributed by atoms with van der Waals surface area (Å²) in [7, 11) is 0. The third-order valence-electron chi connectivity index (χ3n) is 3.70. The second-order valence-electron chi connectivity index (χ2n) is 5.93. The third-order valence-corrected chi connectivity index (χ3v) is 4.58. The third kappa shape index (κ3) is 4.95. The highest BCUT2D eigenvalue weighted by molar-refractivity contribution is 8.15. The van der Waals surface area contributed by atoms with Crippen molar-refractivity contribution in [3.05, 3.63) is 59.7 Å². The van der Waals surface area contributed by atoms with Crippen LogP contribution in [-0.4, -0.2) is 37.8 Å². The summed E-state index contributed by atoms with van der Waals surface area (Å²) in [5.74, 6) is -0.550. The van der Waals surface area contributed by atoms with Gasteiger partial charge >= 0.3 is 5.97 Å². The van der Waals surface area contributed by atoms with Crippen LogP contribution in [0.2, 0.25) is 0 Å². The van der Waals surface area contributed by atoms with Gasteiger partial charge in [-0.15, -0.1) is 5.10 Å². The van der Waals surface area contributed by atoms with Crippen molar-refractivity contribution < 1.29 is 9.53 Å². The molecule has 0 aliphatic carbocycles. The number of thioether (sulfide) groups is 1. The number of aryl methyl sites for hydroxylation is 2. The predicted octanol–water partition coefficient (Wildman–Crippen LogP) is 3.36. The highest BCUT2D eigenvalue weighted by Crippen LogP contribution is 2.21. The van der Waals surface area contributed by atoms with E-state index >= 15 is 0 Å². The lowest BCUT2D eigenvalue weighted by Crippen LogP contribution is -2.17. The number of hydrogen-bond donors (Lipinski definition) is 1. The summed E-state index contributed by atoms with van der Waals surface area (Å²) in [5.41, 5.74) is 6.68. The highest BCUT2D eigenvalue weighted by Gasteiger charge is 2.20. The minimum absolute atomic E-state index is 0.102. The number of anilines is 1. The first-order valence-corrected chi connectivity index (χ1v) is 9.49. The number of nitrogens with zero attached hydrogens (tertiary/aromatic N) is 5. The van der Waals surface area contributed by atoms with Crippen LogP contribution in [0, 0.1) is 13.8 Å². The summed E-state index contributed by atoms with van der Waals surface area (Å²) < 4.78 is 6.66. The molecule has 3 rings (SSSR count). The standard InChI is InChI=1S/C19H20N6O2S/c1-4-27-18(26)17(21-20-15-9-5-13(2)6-10-15)28-19-22-23-24-25(19)16-11-7-14(3)8-12-16/h5-12,20H,4H2,1-3H3. The number of carbonyl (C=O) groups excluding carboxylic acids is 1. The zero-order valence-corrected chi connectivity index (χ0v) is 16.6. The molecule has 0 bridgehead atoms. The van der Waals surface area contributed by atoms with Crippen LogP contribution >= 0.6 is 11.8 Å². The largest absolute Gasteiger partial charge is 0.461 e. The first-order valence-electron chi connectivity index (χ1n) is 8.67. The highest BCUT2D eigenvalue weighted by atomic mass is 32.2. The molecule has 0 saturated carbocycles. The van der Waals surface area contributed by atoms with Gasteiger partial charge in [0.25, 0.3) is 0 Å². The summed E-state index contributed by atoms with van der Waals surface area (Å²) >= 11 is 1.03. The molecule has 2 aromatic carbocycles. The van der Waals surface area contributed by atoms with E-state index in [1.807, 2.05) is 62.4 Å². The lowest BCUT2D eigenvalue weighted by Gasteiger charge is -2.08. The van der Waals surface area contributed by atoms with Gasteiger partial charge in [0.05, 0.1) is 18.0 Å². The number of ether oxygens (including phenoxy) is 1. The molecular formula is C19H20N6O2S. The number of hydrogen-bond acceptors (Lipinski definition) is 8. The Hall–Kier alpha value is -3.20. The van der Waals surface area contributed by atoms with E-state index < -0.39 is 5.97 Å². The Labute approximate surface area is 167 Å². The summed E-state index contributed by atoms with van der Waals surface area (Å²) in [5, 5.41) is 16.5. The number of aromatic nitrogens is 4. The van der Waals surface area contributed by atoms with E-state index in [4.69, 9.17) is 4.74 Å². The minimum atomic E-state index is -0.550. The lowest BCUT2D eigenvalue weighted by atomic mass is 10.2. The first kappa shape index (κ1) is 19.6. The van der Waals surface area contributed by atoms with E-state index in [9.17, 15) is 4.79 Å². The van der Waals surface area contributed by atoms with Crippen molar-refractivity contribution in [1.82, 2.24) is 20.2 Å². The van der Waals surface area contributed by atoms with Gasteiger partial charge in [-0.25, -0.2) is 4.79 Å². The van der Waals surface area contributed by atoms with Gasteiger partial charge in [-0.1, -0.05) is 35.4 Å². The summed E-state index contributed by atoms with van der Waals surface area (Å²) in [6, 6.07) is 15.4. The molecule has 9 heteroatoms. The van der Waals surface area contributed by atoms with Gasteiger partial charge in [-0.2, -0.15) is 9.78 Å². The van der Waals surface area contributed by atoms with E-state index in [0.717, 1.165) is 34.3 Å². The summed E-state index contributed by atoms with van der Waals surface area (Å²) in [6.07, 6.45) is 0. The number of esters is 1. The number of nitrogens with one attached hydrogen (secondary N) is 1. The predicted molar refractivity (Wildman–Crippen MR) is 109 cm³/mol. The molecule has 3 aromatic rings. The molecule has 1 heterocycles. The van der Waals surface area contributed by atoms with Crippen LogP contribution in [0.4, 0.5) is 5.69 Å². The monoisotopic (exact) mass is 396 g/mol. The Morgan fingerprint density at radius 2 is 1.75 bits per heavy atom. The number of carbonyl (C=O) groups is 1. The molecule has 0 aliphatic heterocycles. The summed E-state index contributed by atoms with van der Waals surface area (Å²) in [6.45, 7) is 5.98. The van der Waals surface area contributed by atoms with Crippen molar-refractivity contribution in [2.24, 2.45) is 5.10 Å². The van der Waals surface area contributed by atoms with E-state index in [0.29, 0.717) is 5.16 Å². The van der Waals surface area contributed by atoms with Crippen molar-refractivity contribution >= 4 is 28.5 Å². The molecule has 0 saturated heterocycles. The quantitative estimate of drug-likeness (QED) is 0.232. The molecule has 0 fully saturated rings. The fourth-order valence-electron chi connectivity index (χ4n) is 2.22. The lowest BCUT2D eigenvalue weighted by molar-refractivity contribution is -0.134. The Kier molecular flexibility index (Phi) is 6.38. The molecule has 28 heavy (non-hydrogen) atoms. The van der Waals surface area contributed by atoms with Gasteiger partial charge in [0.2, 0.25) is 10.2 Å². The van der Waals surface area contributed by atoms with Crippen molar-refractivity contribution in [1.29, 1.82) is 0 Å². The topological polar surface area (TPSA) is 94.3 Å². The molecule has 8 nitrogen and oxygen atoms in total. The average Bonchev–Trinajstić information content (AvgIpc) is 3.15. The van der Waals surface area contributed by atoms with Crippen LogP contribution in [0.1, 0.15) is 18.1 Å². The van der Waals surface area contributed by atoms with Crippen LogP contribution in [0.3, 0.4) is 0 Å². The van der Waals surface area contributed by atoms with Crippen LogP contribution in [0.5, 0.6) is 0 Å². The molecule has 1 N–H and O–H groups in total. The molecular weight excluding hydrogens is 376 g/mol. The Bertz CT molecular complexity index is 967. The van der Waals surface area contributed by atoms with Crippen LogP contribution < -0.4 is 5.43 Å². The van der Waals surface area contributed by atoms with Gasteiger partial charge < -0.3 is 4.74 Å². The molecule has 144 valence electrons. The van der Waals surface area contributed by atoms with Gasteiger partial charge in [0.1, 0.15) is 0 Å². The van der Waals surface area contributed by atoms with Gasteiger partial charge in [0.15, 0.2) is 0 Å². The van der Waals surface area contributed by atoms with Crippen LogP contribution in [-0.2, 0) is 9.53 Å². The number of benzene rings is 2. The second-order valence-corrected chi connectivity index (χ2v) is 6.88. The van der Waals surface area contributed by atoms with Crippen molar-refractivity contribution in [2.75, 3.05) is 12.0 Å². The average molecular weight is 396 g/mol. The fourth-order valence-corrected chi connectivity index (χ4v) is 2.94. The van der Waals surface area contributed by atoms with Gasteiger partial charge in [-0.05, 0) is 67.2 Å². The SMILES string of the molecule is CCOC(=O)C(=NNc1ccc(C)cc1)Sc1nnnn1-c1ccc(C)cc1. The molecule has 0 unspecified atom stereocenters. The zero-order chi connectivity index (χ0) is 19.9. The molecule has 0 spiro atoms. The van der Waals surface area contributed by atoms with E-state index in [1.54, 1.807) is 11.6 Å². The van der Waals surface area contributed by atoms with E-state index in [-0.39, 0.29) is 11.7 Å².